The van der Waals surface area contributed by atoms with E-state index in [1.807, 2.05) is 32.9 Å². The summed E-state index contributed by atoms with van der Waals surface area (Å²) in [6.07, 6.45) is 1.36. The van der Waals surface area contributed by atoms with Gasteiger partial charge in [-0.1, -0.05) is 26.0 Å². The summed E-state index contributed by atoms with van der Waals surface area (Å²) in [6.45, 7) is 5.67. The van der Waals surface area contributed by atoms with E-state index in [2.05, 4.69) is 5.32 Å². The Bertz CT molecular complexity index is 397. The zero-order valence-electron chi connectivity index (χ0n) is 11.3. The van der Waals surface area contributed by atoms with E-state index in [0.29, 0.717) is 24.1 Å². The minimum absolute atomic E-state index is 0.0719. The van der Waals surface area contributed by atoms with Crippen LogP contribution in [-0.2, 0) is 0 Å². The maximum absolute atomic E-state index is 12.3. The molecule has 1 aromatic carbocycles. The molecule has 0 fully saturated rings. The van der Waals surface area contributed by atoms with Gasteiger partial charge < -0.3 is 16.2 Å². The normalized spacial score (nSPS) is 11.3. The fraction of sp³-hybridized carbons (Fsp3) is 0.500. The molecule has 0 aliphatic carbocycles. The molecule has 0 saturated heterocycles. The van der Waals surface area contributed by atoms with Crippen LogP contribution in [0.2, 0.25) is 0 Å². The maximum Gasteiger partial charge on any atom is 0.254 e. The number of nitrogens with one attached hydrogen (secondary N) is 1. The maximum atomic E-state index is 12.3. The number of rotatable bonds is 5. The Morgan fingerprint density at radius 3 is 2.44 bits per heavy atom. The average molecular weight is 250 g/mol. The second-order valence-electron chi connectivity index (χ2n) is 4.64. The minimum atomic E-state index is -0.564. The van der Waals surface area contributed by atoms with Crippen molar-refractivity contribution in [2.24, 2.45) is 0 Å². The molecule has 0 aliphatic rings. The molecule has 1 aromatic rings. The molecule has 0 radical (unpaired) electrons. The minimum Gasteiger partial charge on any atom is -0.398 e. The summed E-state index contributed by atoms with van der Waals surface area (Å²) in [7, 11) is 0. The van der Waals surface area contributed by atoms with E-state index in [1.54, 1.807) is 6.07 Å². The van der Waals surface area contributed by atoms with Crippen LogP contribution in [0.25, 0.3) is 0 Å². The van der Waals surface area contributed by atoms with Gasteiger partial charge in [0.2, 0.25) is 0 Å². The Morgan fingerprint density at radius 1 is 1.39 bits per heavy atom. The largest absolute Gasteiger partial charge is 0.398 e. The van der Waals surface area contributed by atoms with Gasteiger partial charge in [-0.15, -0.1) is 0 Å². The molecule has 0 bridgehead atoms. The fourth-order valence-corrected chi connectivity index (χ4v) is 1.99. The van der Waals surface area contributed by atoms with Gasteiger partial charge in [0.25, 0.3) is 5.91 Å². The van der Waals surface area contributed by atoms with E-state index in [0.717, 1.165) is 5.56 Å². The van der Waals surface area contributed by atoms with Crippen molar-refractivity contribution in [2.45, 2.75) is 39.2 Å². The van der Waals surface area contributed by atoms with Crippen molar-refractivity contribution < 1.29 is 9.90 Å². The number of hydrogen-bond donors (Lipinski definition) is 3. The van der Waals surface area contributed by atoms with Crippen molar-refractivity contribution in [3.05, 3.63) is 29.3 Å². The number of nitrogen functional groups attached to an aromatic ring is 1. The lowest BCUT2D eigenvalue weighted by atomic mass is 9.93. The summed E-state index contributed by atoms with van der Waals surface area (Å²) in [6, 6.07) is 5.38. The number of aryl methyl sites for hydroxylation is 1. The molecule has 4 N–H and O–H groups in total. The Labute approximate surface area is 108 Å². The Balaban J connectivity index is 3.02. The molecular weight excluding hydrogens is 228 g/mol. The number of carbonyl (C=O) groups excluding carboxylic acids is 1. The second kappa shape index (κ2) is 5.87. The van der Waals surface area contributed by atoms with E-state index < -0.39 is 5.54 Å². The SMILES string of the molecule is CCC(CC)(CO)NC(=O)c1c(C)cccc1N. The molecule has 18 heavy (non-hydrogen) atoms. The van der Waals surface area contributed by atoms with Crippen LogP contribution in [-0.4, -0.2) is 23.2 Å². The van der Waals surface area contributed by atoms with Gasteiger partial charge in [0.05, 0.1) is 17.7 Å². The Hall–Kier alpha value is -1.55. The molecule has 0 saturated carbocycles. The highest BCUT2D eigenvalue weighted by atomic mass is 16.3. The predicted octanol–water partition coefficient (Wildman–Crippen LogP) is 1.86. The summed E-state index contributed by atoms with van der Waals surface area (Å²) >= 11 is 0. The van der Waals surface area contributed by atoms with Gasteiger partial charge in [-0.3, -0.25) is 4.79 Å². The zero-order chi connectivity index (χ0) is 13.8. The number of benzene rings is 1. The number of amides is 1. The molecule has 0 spiro atoms. The highest BCUT2D eigenvalue weighted by molar-refractivity contribution is 6.00. The first-order valence-electron chi connectivity index (χ1n) is 6.28. The number of hydrogen-bond acceptors (Lipinski definition) is 3. The highest BCUT2D eigenvalue weighted by Gasteiger charge is 2.28. The van der Waals surface area contributed by atoms with Gasteiger partial charge in [-0.25, -0.2) is 0 Å². The number of carbonyl (C=O) groups is 1. The van der Waals surface area contributed by atoms with Crippen LogP contribution in [0, 0.1) is 6.92 Å². The molecule has 1 amide bonds. The van der Waals surface area contributed by atoms with Crippen molar-refractivity contribution in [1.29, 1.82) is 0 Å². The van der Waals surface area contributed by atoms with E-state index in [9.17, 15) is 9.90 Å². The monoisotopic (exact) mass is 250 g/mol. The Morgan fingerprint density at radius 2 is 2.00 bits per heavy atom. The third-order valence-corrected chi connectivity index (χ3v) is 3.57. The van der Waals surface area contributed by atoms with Crippen molar-refractivity contribution in [1.82, 2.24) is 5.32 Å². The van der Waals surface area contributed by atoms with Gasteiger partial charge in [0.1, 0.15) is 0 Å². The lowest BCUT2D eigenvalue weighted by molar-refractivity contribution is 0.0818. The van der Waals surface area contributed by atoms with Crippen LogP contribution in [0.5, 0.6) is 0 Å². The second-order valence-corrected chi connectivity index (χ2v) is 4.64. The van der Waals surface area contributed by atoms with Gasteiger partial charge in [0.15, 0.2) is 0 Å². The summed E-state index contributed by atoms with van der Waals surface area (Å²) in [5.74, 6) is -0.219. The van der Waals surface area contributed by atoms with E-state index in [-0.39, 0.29) is 12.5 Å². The van der Waals surface area contributed by atoms with Crippen LogP contribution in [0.15, 0.2) is 18.2 Å². The third-order valence-electron chi connectivity index (χ3n) is 3.57. The summed E-state index contributed by atoms with van der Waals surface area (Å²) < 4.78 is 0. The van der Waals surface area contributed by atoms with E-state index in [4.69, 9.17) is 5.73 Å². The average Bonchev–Trinajstić information content (AvgIpc) is 2.36. The van der Waals surface area contributed by atoms with Crippen LogP contribution in [0.1, 0.15) is 42.6 Å². The number of aliphatic hydroxyl groups excluding tert-OH is 1. The van der Waals surface area contributed by atoms with Gasteiger partial charge in [-0.05, 0) is 31.4 Å². The first kappa shape index (κ1) is 14.5. The lowest BCUT2D eigenvalue weighted by Crippen LogP contribution is -2.50. The standard InChI is InChI=1S/C14H22N2O2/c1-4-14(5-2,9-17)16-13(18)12-10(3)7-6-8-11(12)15/h6-8,17H,4-5,9,15H2,1-3H3,(H,16,18). The zero-order valence-corrected chi connectivity index (χ0v) is 11.3. The van der Waals surface area contributed by atoms with Crippen molar-refractivity contribution in [3.8, 4) is 0 Å². The molecule has 0 unspecified atom stereocenters. The van der Waals surface area contributed by atoms with E-state index >= 15 is 0 Å². The van der Waals surface area contributed by atoms with Crippen LogP contribution >= 0.6 is 0 Å². The molecule has 0 heterocycles. The molecule has 100 valence electrons. The first-order valence-corrected chi connectivity index (χ1v) is 6.28. The topological polar surface area (TPSA) is 75.3 Å². The summed E-state index contributed by atoms with van der Waals surface area (Å²) in [5, 5.41) is 12.4. The molecule has 0 atom stereocenters. The summed E-state index contributed by atoms with van der Waals surface area (Å²) in [5.41, 5.74) is 7.08. The highest BCUT2D eigenvalue weighted by Crippen LogP contribution is 2.20. The van der Waals surface area contributed by atoms with Crippen LogP contribution in [0.3, 0.4) is 0 Å². The molecule has 1 rings (SSSR count). The van der Waals surface area contributed by atoms with Crippen molar-refractivity contribution >= 4 is 11.6 Å². The molecular formula is C14H22N2O2. The molecule has 0 aliphatic heterocycles. The Kier molecular flexibility index (Phi) is 4.73. The third kappa shape index (κ3) is 2.82. The van der Waals surface area contributed by atoms with Gasteiger partial charge in [-0.2, -0.15) is 0 Å². The number of nitrogens with two attached hydrogens (primary N) is 1. The van der Waals surface area contributed by atoms with Crippen LogP contribution < -0.4 is 11.1 Å². The molecule has 4 nitrogen and oxygen atoms in total. The smallest absolute Gasteiger partial charge is 0.254 e. The van der Waals surface area contributed by atoms with E-state index in [1.165, 1.54) is 0 Å². The number of anilines is 1. The first-order chi connectivity index (χ1) is 8.49. The predicted molar refractivity (Wildman–Crippen MR) is 73.5 cm³/mol. The quantitative estimate of drug-likeness (QED) is 0.698. The lowest BCUT2D eigenvalue weighted by Gasteiger charge is -2.31. The summed E-state index contributed by atoms with van der Waals surface area (Å²) in [4.78, 5) is 12.3. The van der Waals surface area contributed by atoms with Crippen molar-refractivity contribution in [2.75, 3.05) is 12.3 Å². The molecule has 4 heteroatoms. The van der Waals surface area contributed by atoms with Crippen LogP contribution in [0.4, 0.5) is 5.69 Å². The number of aliphatic hydroxyl groups is 1. The van der Waals surface area contributed by atoms with Gasteiger partial charge >= 0.3 is 0 Å². The van der Waals surface area contributed by atoms with Gasteiger partial charge in [0, 0.05) is 5.69 Å². The fourth-order valence-electron chi connectivity index (χ4n) is 1.99. The molecule has 0 aromatic heterocycles. The van der Waals surface area contributed by atoms with Crippen molar-refractivity contribution in [3.63, 3.8) is 0 Å².